The SMILES string of the molecule is CC(C)(C)C1CCC2(CC1)N=C(c1cc(Cl)cc(Cl)c1)C(=O)N2[C@H](CC[Si](C)(C)C)c1ccc(C(=O)NCc2nn[nH]n2)cc1. The number of aromatic amines is 1. The summed E-state index contributed by atoms with van der Waals surface area (Å²) >= 11 is 12.8. The van der Waals surface area contributed by atoms with E-state index in [1.165, 1.54) is 0 Å². The van der Waals surface area contributed by atoms with Gasteiger partial charge in [0.05, 0.1) is 12.6 Å². The average molecular weight is 669 g/mol. The zero-order valence-electron chi connectivity index (χ0n) is 27.0. The van der Waals surface area contributed by atoms with E-state index in [0.717, 1.165) is 43.7 Å². The molecule has 1 saturated carbocycles. The second-order valence-corrected chi connectivity index (χ2v) is 21.2. The summed E-state index contributed by atoms with van der Waals surface area (Å²) in [5.74, 6) is 0.626. The zero-order chi connectivity index (χ0) is 32.6. The van der Waals surface area contributed by atoms with Gasteiger partial charge in [-0.2, -0.15) is 5.21 Å². The minimum atomic E-state index is -1.48. The van der Waals surface area contributed by atoms with Crippen LogP contribution in [0.4, 0.5) is 0 Å². The second kappa shape index (κ2) is 13.0. The first-order valence-electron chi connectivity index (χ1n) is 15.7. The molecule has 1 fully saturated rings. The molecule has 12 heteroatoms. The number of nitrogens with one attached hydrogen (secondary N) is 2. The van der Waals surface area contributed by atoms with Crippen LogP contribution in [0.3, 0.4) is 0 Å². The molecule has 2 heterocycles. The Labute approximate surface area is 276 Å². The molecule has 2 amide bonds. The van der Waals surface area contributed by atoms with Gasteiger partial charge in [-0.05, 0) is 79.3 Å². The van der Waals surface area contributed by atoms with Crippen molar-refractivity contribution in [2.75, 3.05) is 0 Å². The van der Waals surface area contributed by atoms with Gasteiger partial charge in [0.1, 0.15) is 11.4 Å². The first-order chi connectivity index (χ1) is 21.1. The third-order valence-electron chi connectivity index (χ3n) is 9.17. The third-order valence-corrected chi connectivity index (χ3v) is 11.4. The molecule has 2 aromatic carbocycles. The predicted molar refractivity (Wildman–Crippen MR) is 181 cm³/mol. The van der Waals surface area contributed by atoms with Crippen molar-refractivity contribution < 1.29 is 9.59 Å². The molecule has 0 unspecified atom stereocenters. The zero-order valence-corrected chi connectivity index (χ0v) is 29.5. The number of rotatable bonds is 9. The minimum absolute atomic E-state index is 0.0925. The van der Waals surface area contributed by atoms with Gasteiger partial charge in [-0.15, -0.1) is 10.2 Å². The van der Waals surface area contributed by atoms with Gasteiger partial charge in [-0.25, -0.2) is 0 Å². The number of halogens is 2. The van der Waals surface area contributed by atoms with Crippen LogP contribution in [0.5, 0.6) is 0 Å². The Bertz CT molecular complexity index is 1530. The van der Waals surface area contributed by atoms with E-state index in [4.69, 9.17) is 28.2 Å². The Hall–Kier alpha value is -3.08. The van der Waals surface area contributed by atoms with Crippen molar-refractivity contribution in [3.8, 4) is 0 Å². The lowest BCUT2D eigenvalue weighted by atomic mass is 9.69. The molecule has 1 aliphatic carbocycles. The number of nitrogens with zero attached hydrogens (tertiary/aromatic N) is 5. The van der Waals surface area contributed by atoms with Gasteiger partial charge in [-0.3, -0.25) is 14.6 Å². The molecule has 2 N–H and O–H groups in total. The first-order valence-corrected chi connectivity index (χ1v) is 20.1. The van der Waals surface area contributed by atoms with Crippen LogP contribution in [-0.4, -0.2) is 56.8 Å². The van der Waals surface area contributed by atoms with Crippen molar-refractivity contribution >= 4 is 48.8 Å². The average Bonchev–Trinajstić information content (AvgIpc) is 3.58. The number of carbonyl (C=O) groups excluding carboxylic acids is 2. The molecule has 0 saturated heterocycles. The van der Waals surface area contributed by atoms with Crippen LogP contribution in [-0.2, 0) is 11.3 Å². The maximum Gasteiger partial charge on any atom is 0.275 e. The molecule has 9 nitrogen and oxygen atoms in total. The van der Waals surface area contributed by atoms with Crippen LogP contribution in [0.1, 0.15) is 86.2 Å². The quantitative estimate of drug-likeness (QED) is 0.230. The fourth-order valence-corrected chi connectivity index (χ4v) is 8.28. The summed E-state index contributed by atoms with van der Waals surface area (Å²) in [7, 11) is -1.48. The van der Waals surface area contributed by atoms with E-state index in [-0.39, 0.29) is 29.8 Å². The number of hydrogen-bond acceptors (Lipinski definition) is 6. The molecule has 0 radical (unpaired) electrons. The summed E-state index contributed by atoms with van der Waals surface area (Å²) in [5, 5.41) is 17.5. The Morgan fingerprint density at radius 2 is 1.73 bits per heavy atom. The summed E-state index contributed by atoms with van der Waals surface area (Å²) in [5.41, 5.74) is 2.10. The van der Waals surface area contributed by atoms with Crippen LogP contribution in [0, 0.1) is 11.3 Å². The monoisotopic (exact) mass is 667 g/mol. The molecule has 0 bridgehead atoms. The molecule has 5 rings (SSSR count). The fraction of sp³-hybridized carbons (Fsp3) is 0.515. The van der Waals surface area contributed by atoms with E-state index in [9.17, 15) is 9.59 Å². The number of aromatic nitrogens is 4. The normalized spacial score (nSPS) is 21.2. The highest BCUT2D eigenvalue weighted by Gasteiger charge is 2.52. The molecule has 1 aliphatic heterocycles. The molecule has 1 spiro atoms. The molecule has 45 heavy (non-hydrogen) atoms. The number of tetrazole rings is 1. The van der Waals surface area contributed by atoms with E-state index in [1.54, 1.807) is 18.2 Å². The highest BCUT2D eigenvalue weighted by molar-refractivity contribution is 6.76. The van der Waals surface area contributed by atoms with Crippen LogP contribution in [0.15, 0.2) is 47.5 Å². The van der Waals surface area contributed by atoms with Gasteiger partial charge in [0, 0.05) is 29.2 Å². The Morgan fingerprint density at radius 1 is 1.09 bits per heavy atom. The largest absolute Gasteiger partial charge is 0.345 e. The lowest BCUT2D eigenvalue weighted by molar-refractivity contribution is -0.133. The maximum atomic E-state index is 14.6. The lowest BCUT2D eigenvalue weighted by Gasteiger charge is -2.47. The summed E-state index contributed by atoms with van der Waals surface area (Å²) in [6.07, 6.45) is 4.37. The van der Waals surface area contributed by atoms with Gasteiger partial charge in [0.25, 0.3) is 11.8 Å². The second-order valence-electron chi connectivity index (χ2n) is 14.7. The smallest absolute Gasteiger partial charge is 0.275 e. The lowest BCUT2D eigenvalue weighted by Crippen LogP contribution is -2.51. The van der Waals surface area contributed by atoms with Crippen molar-refractivity contribution in [1.29, 1.82) is 0 Å². The van der Waals surface area contributed by atoms with Gasteiger partial charge in [0.2, 0.25) is 0 Å². The van der Waals surface area contributed by atoms with E-state index in [0.29, 0.717) is 38.6 Å². The van der Waals surface area contributed by atoms with Crippen molar-refractivity contribution in [3.63, 3.8) is 0 Å². The van der Waals surface area contributed by atoms with Crippen LogP contribution in [0.25, 0.3) is 0 Å². The number of benzene rings is 2. The molecule has 240 valence electrons. The van der Waals surface area contributed by atoms with E-state index >= 15 is 0 Å². The number of carbonyl (C=O) groups is 2. The summed E-state index contributed by atoms with van der Waals surface area (Å²) in [6, 6.07) is 13.7. The van der Waals surface area contributed by atoms with E-state index in [2.05, 4.69) is 71.3 Å². The van der Waals surface area contributed by atoms with Gasteiger partial charge in [-0.1, -0.05) is 87.0 Å². The van der Waals surface area contributed by atoms with E-state index in [1.807, 2.05) is 24.3 Å². The van der Waals surface area contributed by atoms with Crippen molar-refractivity contribution in [3.05, 3.63) is 75.0 Å². The Morgan fingerprint density at radius 3 is 2.29 bits per heavy atom. The summed E-state index contributed by atoms with van der Waals surface area (Å²) in [6.45, 7) is 14.1. The highest BCUT2D eigenvalue weighted by Crippen LogP contribution is 2.50. The van der Waals surface area contributed by atoms with Crippen LogP contribution >= 0.6 is 23.2 Å². The maximum absolute atomic E-state index is 14.6. The highest BCUT2D eigenvalue weighted by atomic mass is 35.5. The number of hydrogen-bond donors (Lipinski definition) is 2. The summed E-state index contributed by atoms with van der Waals surface area (Å²) < 4.78 is 0. The van der Waals surface area contributed by atoms with Crippen molar-refractivity contribution in [1.82, 2.24) is 30.8 Å². The predicted octanol–water partition coefficient (Wildman–Crippen LogP) is 7.47. The fourth-order valence-electron chi connectivity index (χ4n) is 6.61. The Kier molecular flexibility index (Phi) is 9.59. The first kappa shape index (κ1) is 33.3. The minimum Gasteiger partial charge on any atom is -0.345 e. The topological polar surface area (TPSA) is 116 Å². The number of H-pyrrole nitrogens is 1. The Balaban J connectivity index is 1.51. The molecule has 3 aromatic rings. The van der Waals surface area contributed by atoms with Crippen molar-refractivity contribution in [2.24, 2.45) is 16.3 Å². The third kappa shape index (κ3) is 7.66. The van der Waals surface area contributed by atoms with Gasteiger partial charge in [0.15, 0.2) is 5.82 Å². The number of aliphatic imine (C=N–C) groups is 1. The van der Waals surface area contributed by atoms with Gasteiger partial charge < -0.3 is 10.2 Å². The van der Waals surface area contributed by atoms with Crippen LogP contribution < -0.4 is 5.32 Å². The molecule has 1 aromatic heterocycles. The van der Waals surface area contributed by atoms with Crippen LogP contribution in [0.2, 0.25) is 35.7 Å². The van der Waals surface area contributed by atoms with E-state index < -0.39 is 13.7 Å². The molecule has 1 atom stereocenters. The molecular formula is C33H43Cl2N7O2Si. The molecular weight excluding hydrogens is 625 g/mol. The standard InChI is InChI=1S/C33H43Cl2N7O2Si/c1-32(2,3)24-11-14-33(15-12-24)37-29(23-17-25(34)19-26(35)18-23)31(44)42(33)27(13-16-45(4,5)6)21-7-9-22(10-8-21)30(43)36-20-28-38-40-41-39-28/h7-10,17-19,24,27H,11-16,20H2,1-6H3,(H,36,43)(H,38,39,40,41)/t24?,27-,33?/m1/s1. The van der Waals surface area contributed by atoms with Crippen molar-refractivity contribution in [2.45, 2.75) is 96.8 Å². The summed E-state index contributed by atoms with van der Waals surface area (Å²) in [4.78, 5) is 34.9. The molecule has 2 aliphatic rings. The number of amides is 2. The van der Waals surface area contributed by atoms with Gasteiger partial charge >= 0.3 is 0 Å².